The van der Waals surface area contributed by atoms with Crippen molar-refractivity contribution < 1.29 is 9.59 Å². The zero-order valence-corrected chi connectivity index (χ0v) is 18.1. The highest BCUT2D eigenvalue weighted by atomic mass is 16.2. The van der Waals surface area contributed by atoms with E-state index in [1.165, 1.54) is 36.4 Å². The summed E-state index contributed by atoms with van der Waals surface area (Å²) in [6.45, 7) is 6.85. The minimum atomic E-state index is -0.117. The topological polar surface area (TPSA) is 82.5 Å². The molecular formula is C23H28N6O2. The first-order valence-electron chi connectivity index (χ1n) is 11.2. The van der Waals surface area contributed by atoms with Crippen molar-refractivity contribution in [2.45, 2.75) is 51.5 Å². The first-order valence-corrected chi connectivity index (χ1v) is 11.2. The van der Waals surface area contributed by atoms with Gasteiger partial charge in [0.15, 0.2) is 5.82 Å². The van der Waals surface area contributed by atoms with Gasteiger partial charge in [-0.3, -0.25) is 14.5 Å². The van der Waals surface area contributed by atoms with Gasteiger partial charge in [-0.25, -0.2) is 15.0 Å². The van der Waals surface area contributed by atoms with Crippen molar-refractivity contribution in [3.8, 4) is 0 Å². The highest BCUT2D eigenvalue weighted by Crippen LogP contribution is 2.40. The Balaban J connectivity index is 1.21. The summed E-state index contributed by atoms with van der Waals surface area (Å²) in [5.74, 6) is 2.19. The maximum Gasteiger partial charge on any atom is 0.274 e. The molecule has 2 saturated heterocycles. The molecule has 1 aliphatic carbocycles. The number of rotatable bonds is 4. The number of pyridine rings is 1. The number of carbonyl (C=O) groups excluding carboxylic acids is 2. The van der Waals surface area contributed by atoms with E-state index in [1.807, 2.05) is 18.0 Å². The molecule has 3 aliphatic rings. The number of aryl methyl sites for hydroxylation is 1. The molecule has 0 radical (unpaired) electrons. The molecular weight excluding hydrogens is 392 g/mol. The van der Waals surface area contributed by atoms with Crippen LogP contribution in [0.2, 0.25) is 0 Å². The van der Waals surface area contributed by atoms with E-state index >= 15 is 0 Å². The standard InChI is InChI=1S/C23H28N6O2/c1-15-11-18(17-4-5-17)12-26-22(15)27-7-9-28(10-8-27)23(31)19-13-25-20(14-24-19)29-16(2)3-6-21(29)30/h11-14,16-17H,3-10H2,1-2H3. The van der Waals surface area contributed by atoms with Crippen molar-refractivity contribution >= 4 is 23.5 Å². The van der Waals surface area contributed by atoms with E-state index in [9.17, 15) is 9.59 Å². The number of nitrogens with zero attached hydrogens (tertiary/aromatic N) is 6. The predicted molar refractivity (Wildman–Crippen MR) is 117 cm³/mol. The normalized spacial score (nSPS) is 21.7. The van der Waals surface area contributed by atoms with E-state index in [1.54, 1.807) is 4.90 Å². The lowest BCUT2D eigenvalue weighted by atomic mass is 10.1. The molecule has 0 N–H and O–H groups in total. The zero-order valence-electron chi connectivity index (χ0n) is 18.1. The van der Waals surface area contributed by atoms with Gasteiger partial charge >= 0.3 is 0 Å². The predicted octanol–water partition coefficient (Wildman–Crippen LogP) is 2.54. The Hall–Kier alpha value is -3.03. The van der Waals surface area contributed by atoms with Crippen LogP contribution in [0.3, 0.4) is 0 Å². The third kappa shape index (κ3) is 3.86. The van der Waals surface area contributed by atoms with E-state index in [0.717, 1.165) is 25.3 Å². The van der Waals surface area contributed by atoms with Crippen molar-refractivity contribution in [2.24, 2.45) is 0 Å². The lowest BCUT2D eigenvalue weighted by Crippen LogP contribution is -2.49. The third-order valence-corrected chi connectivity index (χ3v) is 6.58. The lowest BCUT2D eigenvalue weighted by Gasteiger charge is -2.36. The molecule has 8 heteroatoms. The van der Waals surface area contributed by atoms with Crippen LogP contribution in [0.5, 0.6) is 0 Å². The largest absolute Gasteiger partial charge is 0.353 e. The fraction of sp³-hybridized carbons (Fsp3) is 0.522. The van der Waals surface area contributed by atoms with Crippen molar-refractivity contribution in [1.29, 1.82) is 0 Å². The van der Waals surface area contributed by atoms with E-state index in [0.29, 0.717) is 36.9 Å². The molecule has 0 bridgehead atoms. The highest BCUT2D eigenvalue weighted by molar-refractivity contribution is 5.96. The molecule has 0 spiro atoms. The monoisotopic (exact) mass is 420 g/mol. The Labute approximate surface area is 182 Å². The van der Waals surface area contributed by atoms with Gasteiger partial charge in [0.05, 0.1) is 12.4 Å². The molecule has 2 aromatic heterocycles. The van der Waals surface area contributed by atoms with E-state index in [-0.39, 0.29) is 17.9 Å². The molecule has 162 valence electrons. The Morgan fingerprint density at radius 2 is 1.77 bits per heavy atom. The summed E-state index contributed by atoms with van der Waals surface area (Å²) in [5.41, 5.74) is 2.87. The molecule has 5 rings (SSSR count). The number of aromatic nitrogens is 3. The molecule has 2 amide bonds. The van der Waals surface area contributed by atoms with Crippen molar-refractivity contribution in [1.82, 2.24) is 19.9 Å². The number of anilines is 2. The SMILES string of the molecule is Cc1cc(C2CC2)cnc1N1CCN(C(=O)c2cnc(N3C(=O)CCC3C)cn2)CC1. The average Bonchev–Trinajstić information content (AvgIpc) is 3.58. The molecule has 1 atom stereocenters. The third-order valence-electron chi connectivity index (χ3n) is 6.58. The molecule has 3 fully saturated rings. The van der Waals surface area contributed by atoms with E-state index in [2.05, 4.69) is 27.9 Å². The van der Waals surface area contributed by atoms with Crippen LogP contribution in [0.4, 0.5) is 11.6 Å². The highest BCUT2D eigenvalue weighted by Gasteiger charge is 2.31. The summed E-state index contributed by atoms with van der Waals surface area (Å²) < 4.78 is 0. The second kappa shape index (κ2) is 7.90. The number of amides is 2. The van der Waals surface area contributed by atoms with Crippen molar-refractivity contribution in [2.75, 3.05) is 36.0 Å². The average molecular weight is 421 g/mol. The molecule has 4 heterocycles. The van der Waals surface area contributed by atoms with Crippen LogP contribution in [0.1, 0.15) is 60.1 Å². The second-order valence-corrected chi connectivity index (χ2v) is 8.87. The van der Waals surface area contributed by atoms with Gasteiger partial charge < -0.3 is 9.80 Å². The van der Waals surface area contributed by atoms with Crippen LogP contribution in [0.15, 0.2) is 24.7 Å². The Morgan fingerprint density at radius 3 is 2.35 bits per heavy atom. The summed E-state index contributed by atoms with van der Waals surface area (Å²) >= 11 is 0. The molecule has 0 aromatic carbocycles. The quantitative estimate of drug-likeness (QED) is 0.756. The minimum Gasteiger partial charge on any atom is -0.353 e. The first kappa shape index (κ1) is 19.9. The van der Waals surface area contributed by atoms with Gasteiger partial charge in [-0.15, -0.1) is 0 Å². The molecule has 1 unspecified atom stereocenters. The Morgan fingerprint density at radius 1 is 1.00 bits per heavy atom. The molecule has 2 aliphatic heterocycles. The number of hydrogen-bond donors (Lipinski definition) is 0. The fourth-order valence-electron chi connectivity index (χ4n) is 4.58. The first-order chi connectivity index (χ1) is 15.0. The van der Waals surface area contributed by atoms with Gasteiger partial charge in [-0.1, -0.05) is 6.07 Å². The molecule has 8 nitrogen and oxygen atoms in total. The fourth-order valence-corrected chi connectivity index (χ4v) is 4.58. The van der Waals surface area contributed by atoms with Gasteiger partial charge in [0.25, 0.3) is 5.91 Å². The molecule has 1 saturated carbocycles. The molecule has 31 heavy (non-hydrogen) atoms. The maximum absolute atomic E-state index is 12.9. The van der Waals surface area contributed by atoms with Crippen LogP contribution < -0.4 is 9.80 Å². The van der Waals surface area contributed by atoms with Gasteiger partial charge in [0, 0.05) is 44.8 Å². The van der Waals surface area contributed by atoms with Crippen molar-refractivity contribution in [3.63, 3.8) is 0 Å². The Bertz CT molecular complexity index is 996. The summed E-state index contributed by atoms with van der Waals surface area (Å²) in [4.78, 5) is 44.1. The van der Waals surface area contributed by atoms with E-state index in [4.69, 9.17) is 4.98 Å². The Kier molecular flexibility index (Phi) is 5.08. The zero-order chi connectivity index (χ0) is 21.5. The summed E-state index contributed by atoms with van der Waals surface area (Å²) in [6.07, 6.45) is 8.95. The van der Waals surface area contributed by atoms with Gasteiger partial charge in [-0.05, 0) is 50.2 Å². The van der Waals surface area contributed by atoms with Gasteiger partial charge in [0.1, 0.15) is 11.5 Å². The summed E-state index contributed by atoms with van der Waals surface area (Å²) in [7, 11) is 0. The number of carbonyl (C=O) groups is 2. The van der Waals surface area contributed by atoms with Crippen LogP contribution in [-0.2, 0) is 4.79 Å². The van der Waals surface area contributed by atoms with Crippen LogP contribution in [-0.4, -0.2) is 63.9 Å². The maximum atomic E-state index is 12.9. The summed E-state index contributed by atoms with van der Waals surface area (Å²) in [5, 5.41) is 0. The lowest BCUT2D eigenvalue weighted by molar-refractivity contribution is -0.117. The minimum absolute atomic E-state index is 0.0612. The van der Waals surface area contributed by atoms with Crippen LogP contribution in [0, 0.1) is 6.92 Å². The van der Waals surface area contributed by atoms with E-state index < -0.39 is 0 Å². The van der Waals surface area contributed by atoms with Crippen molar-refractivity contribution in [3.05, 3.63) is 41.5 Å². The summed E-state index contributed by atoms with van der Waals surface area (Å²) in [6, 6.07) is 2.38. The van der Waals surface area contributed by atoms with Crippen LogP contribution >= 0.6 is 0 Å². The number of piperazine rings is 1. The smallest absolute Gasteiger partial charge is 0.274 e. The van der Waals surface area contributed by atoms with Gasteiger partial charge in [-0.2, -0.15) is 0 Å². The number of hydrogen-bond acceptors (Lipinski definition) is 6. The van der Waals surface area contributed by atoms with Crippen LogP contribution in [0.25, 0.3) is 0 Å². The second-order valence-electron chi connectivity index (χ2n) is 8.87. The van der Waals surface area contributed by atoms with Gasteiger partial charge in [0.2, 0.25) is 5.91 Å². The molecule has 2 aromatic rings.